The molecule has 49 heavy (non-hydrogen) atoms. The predicted octanol–water partition coefficient (Wildman–Crippen LogP) is 5.55. The van der Waals surface area contributed by atoms with Crippen molar-refractivity contribution in [2.24, 2.45) is 5.10 Å². The van der Waals surface area contributed by atoms with Gasteiger partial charge in [-0.25, -0.2) is 9.59 Å². The van der Waals surface area contributed by atoms with E-state index in [1.165, 1.54) is 7.11 Å². The average molecular weight is 781 g/mol. The first kappa shape index (κ1) is 35.3. The lowest BCUT2D eigenvalue weighted by Crippen LogP contribution is -2.45. The number of ether oxygens (including phenoxy) is 5. The second-order valence-electron chi connectivity index (χ2n) is 10.9. The number of nitrogens with zero attached hydrogens (tertiary/aromatic N) is 1. The molecule has 0 fully saturated rings. The number of hydrazone groups is 1. The lowest BCUT2D eigenvalue weighted by molar-refractivity contribution is -0.136. The molecule has 2 amide bonds. The van der Waals surface area contributed by atoms with E-state index in [-0.39, 0.29) is 12.2 Å². The Kier molecular flexibility index (Phi) is 11.8. The first-order valence-corrected chi connectivity index (χ1v) is 16.5. The Labute approximate surface area is 297 Å². The Morgan fingerprint density at radius 2 is 1.82 bits per heavy atom. The Bertz CT molecular complexity index is 1890. The number of allylic oxidation sites excluding steroid dienone is 1. The fourth-order valence-corrected chi connectivity index (χ4v) is 6.12. The lowest BCUT2D eigenvalue weighted by Gasteiger charge is -2.28. The maximum Gasteiger partial charge on any atom is 0.337 e. The van der Waals surface area contributed by atoms with Crippen molar-refractivity contribution < 1.29 is 38.4 Å². The Balaban J connectivity index is 1.21. The van der Waals surface area contributed by atoms with Gasteiger partial charge in [0.05, 0.1) is 42.2 Å². The van der Waals surface area contributed by atoms with Gasteiger partial charge in [-0.3, -0.25) is 5.43 Å². The molecule has 4 aromatic rings. The summed E-state index contributed by atoms with van der Waals surface area (Å²) in [6.07, 6.45) is 0.403. The number of halogens is 1. The molecule has 0 aliphatic carbocycles. The standard InChI is InChI=1S/C36H37IN4O8/c1-5-47-29-17-24(33-32(35(43)46-4)21(2)39-36(44)40-33)13-14-28(29)48-20-31(42)41-38-18-22-15-27(37)34(30(16-22)45-3)49-19-25-11-8-10-23-9-6-7-12-26(23)25/h6-18,31,33,41-42H,5,19-20H2,1-4H3,(H2,39,40,44)/b38-18-/t31-,33+/m1/s1. The van der Waals surface area contributed by atoms with Crippen molar-refractivity contribution in [2.45, 2.75) is 32.7 Å². The van der Waals surface area contributed by atoms with Crippen molar-refractivity contribution in [3.8, 4) is 23.0 Å². The Hall–Kier alpha value is -5.02. The van der Waals surface area contributed by atoms with Crippen LogP contribution >= 0.6 is 22.6 Å². The largest absolute Gasteiger partial charge is 0.493 e. The van der Waals surface area contributed by atoms with Crippen molar-refractivity contribution in [2.75, 3.05) is 27.4 Å². The normalized spacial score (nSPS) is 15.0. The molecule has 5 rings (SSSR count). The SMILES string of the molecule is CCOc1cc([C@@H]2NC(=O)NC(C)=C2C(=O)OC)ccc1OC[C@@H](O)N/N=C\c1cc(I)c(OCc2cccc3ccccc23)c(OC)c1. The zero-order valence-electron chi connectivity index (χ0n) is 27.4. The van der Waals surface area contributed by atoms with Crippen LogP contribution in [-0.2, 0) is 16.1 Å². The fourth-order valence-electron chi connectivity index (χ4n) is 5.34. The molecule has 0 radical (unpaired) electrons. The van der Waals surface area contributed by atoms with Crippen LogP contribution in [0.3, 0.4) is 0 Å². The molecule has 4 N–H and O–H groups in total. The highest BCUT2D eigenvalue weighted by Gasteiger charge is 2.32. The van der Waals surface area contributed by atoms with Gasteiger partial charge >= 0.3 is 12.0 Å². The predicted molar refractivity (Wildman–Crippen MR) is 193 cm³/mol. The van der Waals surface area contributed by atoms with Crippen LogP contribution in [0.4, 0.5) is 4.79 Å². The van der Waals surface area contributed by atoms with E-state index in [1.807, 2.05) is 37.3 Å². The molecule has 0 aromatic heterocycles. The number of carbonyl (C=O) groups excluding carboxylic acids is 2. The van der Waals surface area contributed by atoms with Crippen LogP contribution in [0.1, 0.15) is 36.6 Å². The molecule has 1 aliphatic rings. The molecule has 0 unspecified atom stereocenters. The van der Waals surface area contributed by atoms with Crippen LogP contribution in [0.2, 0.25) is 0 Å². The van der Waals surface area contributed by atoms with Crippen molar-refractivity contribution in [1.82, 2.24) is 16.1 Å². The maximum atomic E-state index is 12.5. The first-order chi connectivity index (χ1) is 23.7. The van der Waals surface area contributed by atoms with Gasteiger partial charge in [-0.15, -0.1) is 0 Å². The molecule has 2 atom stereocenters. The molecule has 0 bridgehead atoms. The highest BCUT2D eigenvalue weighted by Crippen LogP contribution is 2.36. The Morgan fingerprint density at radius 3 is 2.59 bits per heavy atom. The fraction of sp³-hybridized carbons (Fsp3) is 0.250. The van der Waals surface area contributed by atoms with Crippen molar-refractivity contribution in [3.63, 3.8) is 0 Å². The topological polar surface area (TPSA) is 149 Å². The maximum absolute atomic E-state index is 12.5. The third kappa shape index (κ3) is 8.53. The summed E-state index contributed by atoms with van der Waals surface area (Å²) in [5.74, 6) is 1.33. The molecular weight excluding hydrogens is 743 g/mol. The summed E-state index contributed by atoms with van der Waals surface area (Å²) in [5, 5.41) is 22.4. The molecular formula is C36H37IN4O8. The minimum Gasteiger partial charge on any atom is -0.493 e. The number of aliphatic hydroxyl groups is 1. The number of carbonyl (C=O) groups is 2. The molecule has 4 aromatic carbocycles. The van der Waals surface area contributed by atoms with E-state index in [1.54, 1.807) is 44.5 Å². The van der Waals surface area contributed by atoms with Crippen LogP contribution in [0.5, 0.6) is 23.0 Å². The third-order valence-corrected chi connectivity index (χ3v) is 8.41. The number of hydrogen-bond acceptors (Lipinski definition) is 10. The smallest absolute Gasteiger partial charge is 0.337 e. The number of amides is 2. The van der Waals surface area contributed by atoms with E-state index in [9.17, 15) is 14.7 Å². The molecule has 1 aliphatic heterocycles. The lowest BCUT2D eigenvalue weighted by atomic mass is 9.95. The van der Waals surface area contributed by atoms with Gasteiger partial charge < -0.3 is 39.4 Å². The highest BCUT2D eigenvalue weighted by atomic mass is 127. The number of methoxy groups -OCH3 is 2. The van der Waals surface area contributed by atoms with Gasteiger partial charge in [0.15, 0.2) is 29.2 Å². The van der Waals surface area contributed by atoms with Crippen LogP contribution in [0.15, 0.2) is 89.2 Å². The molecule has 12 nitrogen and oxygen atoms in total. The van der Waals surface area contributed by atoms with E-state index in [0.29, 0.717) is 47.5 Å². The molecule has 0 spiro atoms. The van der Waals surface area contributed by atoms with E-state index in [4.69, 9.17) is 23.7 Å². The average Bonchev–Trinajstić information content (AvgIpc) is 3.10. The molecule has 0 saturated carbocycles. The van der Waals surface area contributed by atoms with Crippen LogP contribution < -0.4 is 35.0 Å². The number of esters is 1. The van der Waals surface area contributed by atoms with Gasteiger partial charge in [-0.1, -0.05) is 48.5 Å². The van der Waals surface area contributed by atoms with Crippen molar-refractivity contribution in [1.29, 1.82) is 0 Å². The zero-order valence-corrected chi connectivity index (χ0v) is 29.6. The molecule has 1 heterocycles. The van der Waals surface area contributed by atoms with Crippen molar-refractivity contribution >= 4 is 51.6 Å². The number of aliphatic hydroxyl groups excluding tert-OH is 1. The van der Waals surface area contributed by atoms with E-state index >= 15 is 0 Å². The summed E-state index contributed by atoms with van der Waals surface area (Å²) in [6.45, 7) is 4.00. The van der Waals surface area contributed by atoms with E-state index in [2.05, 4.69) is 62.0 Å². The van der Waals surface area contributed by atoms with Crippen LogP contribution in [-0.4, -0.2) is 57.0 Å². The Morgan fingerprint density at radius 1 is 1.02 bits per heavy atom. The summed E-state index contributed by atoms with van der Waals surface area (Å²) in [6, 6.07) is 21.8. The number of hydrogen-bond donors (Lipinski definition) is 4. The highest BCUT2D eigenvalue weighted by molar-refractivity contribution is 14.1. The third-order valence-electron chi connectivity index (χ3n) is 7.61. The number of urea groups is 1. The minimum absolute atomic E-state index is 0.158. The summed E-state index contributed by atoms with van der Waals surface area (Å²) in [7, 11) is 2.86. The second-order valence-corrected chi connectivity index (χ2v) is 12.0. The number of rotatable bonds is 14. The van der Waals surface area contributed by atoms with Crippen LogP contribution in [0.25, 0.3) is 10.8 Å². The molecule has 13 heteroatoms. The van der Waals surface area contributed by atoms with Gasteiger partial charge in [0, 0.05) is 5.70 Å². The van der Waals surface area contributed by atoms with E-state index in [0.717, 1.165) is 25.5 Å². The van der Waals surface area contributed by atoms with E-state index < -0.39 is 24.3 Å². The number of benzene rings is 4. The quantitative estimate of drug-likeness (QED) is 0.0425. The first-order valence-electron chi connectivity index (χ1n) is 15.4. The van der Waals surface area contributed by atoms with Gasteiger partial charge in [0.2, 0.25) is 0 Å². The van der Waals surface area contributed by atoms with Gasteiger partial charge in [0.25, 0.3) is 0 Å². The van der Waals surface area contributed by atoms with Crippen LogP contribution in [0, 0.1) is 3.57 Å². The molecule has 256 valence electrons. The van der Waals surface area contributed by atoms with Gasteiger partial charge in [-0.05, 0) is 88.2 Å². The number of nitrogens with one attached hydrogen (secondary N) is 3. The number of fused-ring (bicyclic) bond motifs is 1. The monoisotopic (exact) mass is 780 g/mol. The van der Waals surface area contributed by atoms with Gasteiger partial charge in [0.1, 0.15) is 13.2 Å². The van der Waals surface area contributed by atoms with Crippen molar-refractivity contribution in [3.05, 3.63) is 104 Å². The summed E-state index contributed by atoms with van der Waals surface area (Å²) >= 11 is 2.20. The summed E-state index contributed by atoms with van der Waals surface area (Å²) in [4.78, 5) is 24.7. The minimum atomic E-state index is -1.16. The summed E-state index contributed by atoms with van der Waals surface area (Å²) in [5.41, 5.74) is 5.71. The summed E-state index contributed by atoms with van der Waals surface area (Å²) < 4.78 is 29.2. The molecule has 0 saturated heterocycles. The second kappa shape index (κ2) is 16.4. The van der Waals surface area contributed by atoms with Gasteiger partial charge in [-0.2, -0.15) is 5.10 Å². The zero-order chi connectivity index (χ0) is 34.9.